The first-order chi connectivity index (χ1) is 5.57. The predicted octanol–water partition coefficient (Wildman–Crippen LogP) is 3.32. The van der Waals surface area contributed by atoms with Crippen molar-refractivity contribution in [1.29, 1.82) is 0 Å². The lowest BCUT2D eigenvalue weighted by Gasteiger charge is -2.28. The fourth-order valence-electron chi connectivity index (χ4n) is 1.72. The van der Waals surface area contributed by atoms with Gasteiger partial charge >= 0.3 is 0 Å². The Morgan fingerprint density at radius 1 is 1.50 bits per heavy atom. The minimum atomic E-state index is 0.480. The summed E-state index contributed by atoms with van der Waals surface area (Å²) in [5.74, 6) is 0. The fourth-order valence-corrected chi connectivity index (χ4v) is 3.29. The third-order valence-electron chi connectivity index (χ3n) is 2.50. The Balaban J connectivity index is 2.41. The molecule has 1 aromatic rings. The number of hydrogen-bond acceptors (Lipinski definition) is 2. The number of fused-ring (bicyclic) bond motifs is 1. The van der Waals surface area contributed by atoms with Crippen molar-refractivity contribution < 1.29 is 0 Å². The number of nitrogens with one attached hydrogen (secondary N) is 1. The Labute approximate surface area is 81.8 Å². The summed E-state index contributed by atoms with van der Waals surface area (Å²) >= 11 is 6.87. The molecule has 12 heavy (non-hydrogen) atoms. The lowest BCUT2D eigenvalue weighted by Crippen LogP contribution is -2.20. The van der Waals surface area contributed by atoms with Crippen molar-refractivity contribution in [3.63, 3.8) is 0 Å². The van der Waals surface area contributed by atoms with Gasteiger partial charge in [0.25, 0.3) is 0 Å². The summed E-state index contributed by atoms with van der Waals surface area (Å²) in [6.07, 6.45) is 3.65. The first kappa shape index (κ1) is 8.45. The topological polar surface area (TPSA) is 15.8 Å². The number of thiazole rings is 1. The lowest BCUT2D eigenvalue weighted by atomic mass is 9.79. The summed E-state index contributed by atoms with van der Waals surface area (Å²) in [6, 6.07) is 0. The molecule has 0 fully saturated rings. The Morgan fingerprint density at radius 3 is 3.00 bits per heavy atom. The molecule has 1 N–H and O–H groups in total. The van der Waals surface area contributed by atoms with Gasteiger partial charge in [-0.05, 0) is 36.9 Å². The van der Waals surface area contributed by atoms with E-state index in [-0.39, 0.29) is 0 Å². The minimum absolute atomic E-state index is 0.480. The van der Waals surface area contributed by atoms with Gasteiger partial charge in [0.05, 0.1) is 0 Å². The summed E-state index contributed by atoms with van der Waals surface area (Å²) in [7, 11) is 0. The van der Waals surface area contributed by atoms with Gasteiger partial charge in [-0.3, -0.25) is 0 Å². The third-order valence-corrected chi connectivity index (χ3v) is 3.77. The maximum absolute atomic E-state index is 5.12. The maximum atomic E-state index is 5.12. The fraction of sp³-hybridized carbons (Fsp3) is 0.667. The Hall–Kier alpha value is -0.150. The molecule has 0 saturated heterocycles. The van der Waals surface area contributed by atoms with Crippen molar-refractivity contribution in [2.75, 3.05) is 0 Å². The molecular weight excluding hydrogens is 186 g/mol. The molecular formula is C9H13NS2. The number of hydrogen-bond donors (Lipinski definition) is 1. The lowest BCUT2D eigenvalue weighted by molar-refractivity contribution is 0.316. The van der Waals surface area contributed by atoms with Crippen molar-refractivity contribution >= 4 is 23.6 Å². The number of aryl methyl sites for hydroxylation is 1. The summed E-state index contributed by atoms with van der Waals surface area (Å²) < 4.78 is 0.942. The summed E-state index contributed by atoms with van der Waals surface area (Å²) in [4.78, 5) is 4.75. The molecule has 1 nitrogen and oxygen atoms in total. The van der Waals surface area contributed by atoms with E-state index in [1.54, 1.807) is 11.3 Å². The highest BCUT2D eigenvalue weighted by atomic mass is 32.1. The van der Waals surface area contributed by atoms with Crippen LogP contribution in [0.2, 0.25) is 0 Å². The largest absolute Gasteiger partial charge is 0.341 e. The van der Waals surface area contributed by atoms with Gasteiger partial charge in [-0.25, -0.2) is 0 Å². The Morgan fingerprint density at radius 2 is 2.25 bits per heavy atom. The van der Waals surface area contributed by atoms with E-state index in [1.807, 2.05) is 0 Å². The van der Waals surface area contributed by atoms with Crippen LogP contribution < -0.4 is 0 Å². The zero-order chi connectivity index (χ0) is 8.77. The van der Waals surface area contributed by atoms with Crippen LogP contribution in [0.4, 0.5) is 0 Å². The molecule has 1 aliphatic rings. The van der Waals surface area contributed by atoms with Gasteiger partial charge in [-0.2, -0.15) is 0 Å². The number of H-pyrrole nitrogens is 1. The molecule has 0 radical (unpaired) electrons. The van der Waals surface area contributed by atoms with Crippen LogP contribution in [0.1, 0.15) is 30.8 Å². The van der Waals surface area contributed by atoms with E-state index in [2.05, 4.69) is 18.8 Å². The van der Waals surface area contributed by atoms with Crippen LogP contribution in [0.25, 0.3) is 0 Å². The van der Waals surface area contributed by atoms with Crippen molar-refractivity contribution in [3.8, 4) is 0 Å². The predicted molar refractivity (Wildman–Crippen MR) is 55.3 cm³/mol. The number of rotatable bonds is 0. The van der Waals surface area contributed by atoms with Crippen LogP contribution >= 0.6 is 23.6 Å². The van der Waals surface area contributed by atoms with E-state index in [0.717, 1.165) is 3.95 Å². The van der Waals surface area contributed by atoms with Gasteiger partial charge in [-0.1, -0.05) is 13.8 Å². The molecule has 3 heteroatoms. The average Bonchev–Trinajstić information content (AvgIpc) is 2.26. The molecule has 0 aromatic carbocycles. The van der Waals surface area contributed by atoms with Crippen molar-refractivity contribution in [3.05, 3.63) is 14.5 Å². The third kappa shape index (κ3) is 1.48. The van der Waals surface area contributed by atoms with Crippen LogP contribution in [-0.4, -0.2) is 4.98 Å². The molecule has 0 spiro atoms. The van der Waals surface area contributed by atoms with E-state index in [9.17, 15) is 0 Å². The van der Waals surface area contributed by atoms with Gasteiger partial charge < -0.3 is 4.98 Å². The molecule has 0 unspecified atom stereocenters. The van der Waals surface area contributed by atoms with Gasteiger partial charge in [-0.15, -0.1) is 11.3 Å². The number of aromatic amines is 1. The second kappa shape index (κ2) is 2.67. The molecule has 66 valence electrons. The van der Waals surface area contributed by atoms with Gasteiger partial charge in [0.15, 0.2) is 3.95 Å². The standard InChI is InChI=1S/C9H13NS2/c1-9(2)4-3-6-7(5-9)12-8(11)10-6/h3-5H2,1-2H3,(H,10,11). The molecule has 1 aliphatic carbocycles. The van der Waals surface area contributed by atoms with E-state index < -0.39 is 0 Å². The second-order valence-electron chi connectivity index (χ2n) is 4.26. The summed E-state index contributed by atoms with van der Waals surface area (Å²) in [6.45, 7) is 4.66. The molecule has 0 aliphatic heterocycles. The van der Waals surface area contributed by atoms with Crippen LogP contribution in [-0.2, 0) is 12.8 Å². The quantitative estimate of drug-likeness (QED) is 0.634. The Bertz CT molecular complexity index is 346. The van der Waals surface area contributed by atoms with E-state index in [4.69, 9.17) is 12.2 Å². The second-order valence-corrected chi connectivity index (χ2v) is 6.03. The Kier molecular flexibility index (Phi) is 1.88. The number of aromatic nitrogens is 1. The molecule has 1 heterocycles. The monoisotopic (exact) mass is 199 g/mol. The zero-order valence-electron chi connectivity index (χ0n) is 7.44. The van der Waals surface area contributed by atoms with Crippen molar-refractivity contribution in [2.24, 2.45) is 5.41 Å². The van der Waals surface area contributed by atoms with Crippen LogP contribution in [0.3, 0.4) is 0 Å². The maximum Gasteiger partial charge on any atom is 0.158 e. The molecule has 0 amide bonds. The van der Waals surface area contributed by atoms with Gasteiger partial charge in [0.2, 0.25) is 0 Å². The zero-order valence-corrected chi connectivity index (χ0v) is 9.07. The molecule has 0 bridgehead atoms. The van der Waals surface area contributed by atoms with Crippen molar-refractivity contribution in [2.45, 2.75) is 33.1 Å². The van der Waals surface area contributed by atoms with Crippen LogP contribution in [0, 0.1) is 9.37 Å². The molecule has 0 saturated carbocycles. The van der Waals surface area contributed by atoms with Crippen LogP contribution in [0.15, 0.2) is 0 Å². The average molecular weight is 199 g/mol. The van der Waals surface area contributed by atoms with Crippen molar-refractivity contribution in [1.82, 2.24) is 4.98 Å². The minimum Gasteiger partial charge on any atom is -0.341 e. The van der Waals surface area contributed by atoms with E-state index in [1.165, 1.54) is 29.8 Å². The summed E-state index contributed by atoms with van der Waals surface area (Å²) in [5, 5.41) is 0. The molecule has 0 atom stereocenters. The summed E-state index contributed by atoms with van der Waals surface area (Å²) in [5.41, 5.74) is 1.87. The van der Waals surface area contributed by atoms with E-state index in [0.29, 0.717) is 5.41 Å². The highest BCUT2D eigenvalue weighted by Gasteiger charge is 2.26. The molecule has 1 aromatic heterocycles. The van der Waals surface area contributed by atoms with Crippen LogP contribution in [0.5, 0.6) is 0 Å². The highest BCUT2D eigenvalue weighted by Crippen LogP contribution is 2.36. The normalized spacial score (nSPS) is 20.5. The highest BCUT2D eigenvalue weighted by molar-refractivity contribution is 7.73. The first-order valence-electron chi connectivity index (χ1n) is 4.28. The SMILES string of the molecule is CC1(C)CCc2[nH]c(=S)sc2C1. The molecule has 2 rings (SSSR count). The van der Waals surface area contributed by atoms with Gasteiger partial charge in [0.1, 0.15) is 0 Å². The van der Waals surface area contributed by atoms with Gasteiger partial charge in [0, 0.05) is 10.6 Å². The van der Waals surface area contributed by atoms with E-state index >= 15 is 0 Å². The smallest absolute Gasteiger partial charge is 0.158 e. The first-order valence-corrected chi connectivity index (χ1v) is 5.50.